The number of tetrazole rings is 1. The maximum atomic E-state index is 12.1. The van der Waals surface area contributed by atoms with Gasteiger partial charge in [-0.25, -0.2) is 4.68 Å². The molecule has 0 radical (unpaired) electrons. The van der Waals surface area contributed by atoms with Crippen molar-refractivity contribution in [1.29, 1.82) is 0 Å². The Morgan fingerprint density at radius 1 is 1.41 bits per heavy atom. The topological polar surface area (TPSA) is 82.0 Å². The molecule has 1 rings (SSSR count). The average molecular weight is 280 g/mol. The molecule has 9 heteroatoms. The van der Waals surface area contributed by atoms with Crippen LogP contribution in [-0.4, -0.2) is 39.6 Å². The first-order valence-corrected chi connectivity index (χ1v) is 7.61. The molecule has 0 spiro atoms. The van der Waals surface area contributed by atoms with Crippen LogP contribution in [0.2, 0.25) is 0 Å². The highest BCUT2D eigenvalue weighted by Crippen LogP contribution is 2.48. The molecule has 0 aliphatic carbocycles. The van der Waals surface area contributed by atoms with Gasteiger partial charge in [0, 0.05) is 6.54 Å². The third-order valence-electron chi connectivity index (χ3n) is 2.00. The normalized spacial score (nSPS) is 11.9. The van der Waals surface area contributed by atoms with Crippen LogP contribution in [0, 0.1) is 4.77 Å². The van der Waals surface area contributed by atoms with E-state index in [1.807, 2.05) is 0 Å². The Labute approximate surface area is 105 Å². The molecule has 1 aromatic heterocycles. The highest BCUT2D eigenvalue weighted by molar-refractivity contribution is 7.71. The highest BCUT2D eigenvalue weighted by atomic mass is 32.1. The number of hydrogen-bond acceptors (Lipinski definition) is 6. The molecule has 7 nitrogen and oxygen atoms in total. The fourth-order valence-corrected chi connectivity index (χ4v) is 3.16. The van der Waals surface area contributed by atoms with E-state index >= 15 is 0 Å². The molecular formula is C8H17N4O3PS. The largest absolute Gasteiger partial charge is 0.330 e. The number of aryl methyl sites for hydroxylation is 1. The van der Waals surface area contributed by atoms with Crippen molar-refractivity contribution in [2.45, 2.75) is 26.8 Å². The summed E-state index contributed by atoms with van der Waals surface area (Å²) in [6.45, 7) is 4.90. The highest BCUT2D eigenvalue weighted by Gasteiger charge is 2.22. The lowest BCUT2D eigenvalue weighted by molar-refractivity contribution is 0.219. The first kappa shape index (κ1) is 14.5. The number of hydrogen-bond donors (Lipinski definition) is 1. The Bertz CT molecular complexity index is 422. The van der Waals surface area contributed by atoms with Crippen LogP contribution in [0.5, 0.6) is 0 Å². The van der Waals surface area contributed by atoms with Crippen molar-refractivity contribution in [1.82, 2.24) is 20.2 Å². The first-order chi connectivity index (χ1) is 8.11. The minimum absolute atomic E-state index is 0.357. The predicted molar refractivity (Wildman–Crippen MR) is 65.5 cm³/mol. The minimum atomic E-state index is -2.95. The van der Waals surface area contributed by atoms with Gasteiger partial charge in [-0.15, -0.1) is 0 Å². The average Bonchev–Trinajstić information content (AvgIpc) is 2.65. The van der Waals surface area contributed by atoms with Crippen LogP contribution in [0.4, 0.5) is 0 Å². The number of nitrogens with zero attached hydrogens (tertiary/aromatic N) is 3. The van der Waals surface area contributed by atoms with Gasteiger partial charge in [-0.1, -0.05) is 10.3 Å². The molecule has 0 aromatic carbocycles. The summed E-state index contributed by atoms with van der Waals surface area (Å²) in [7, 11) is -2.95. The summed E-state index contributed by atoms with van der Waals surface area (Å²) in [6, 6.07) is 0. The van der Waals surface area contributed by atoms with E-state index in [0.29, 0.717) is 37.1 Å². The fourth-order valence-electron chi connectivity index (χ4n) is 1.34. The second kappa shape index (κ2) is 7.00. The number of aromatic nitrogens is 4. The van der Waals surface area contributed by atoms with Crippen molar-refractivity contribution in [3.63, 3.8) is 0 Å². The summed E-state index contributed by atoms with van der Waals surface area (Å²) in [6.07, 6.45) is 0.977. The molecular weight excluding hydrogens is 263 g/mol. The van der Waals surface area contributed by atoms with E-state index in [-0.39, 0.29) is 0 Å². The van der Waals surface area contributed by atoms with Crippen molar-refractivity contribution in [2.75, 3.05) is 19.4 Å². The molecule has 0 aliphatic heterocycles. The summed E-state index contributed by atoms with van der Waals surface area (Å²) in [5, 5.41) is 9.84. The standard InChI is InChI=1S/C8H17N4O3PS/c1-3-14-16(13,15-4-2)7-5-6-12-8(17)9-10-11-12/h3-7H2,1-2H3,(H,9,11,17). The Kier molecular flexibility index (Phi) is 5.97. The van der Waals surface area contributed by atoms with E-state index in [9.17, 15) is 4.57 Å². The SMILES string of the molecule is CCOP(=O)(CCCn1[nH]nnc1=S)OCC. The predicted octanol–water partition coefficient (Wildman–Crippen LogP) is 1.99. The smallest absolute Gasteiger partial charge is 0.309 e. The van der Waals surface area contributed by atoms with Crippen LogP contribution in [-0.2, 0) is 20.2 Å². The molecule has 0 saturated heterocycles. The summed E-state index contributed by atoms with van der Waals surface area (Å²) in [4.78, 5) is 0. The van der Waals surface area contributed by atoms with Crippen LogP contribution in [0.3, 0.4) is 0 Å². The Morgan fingerprint density at radius 2 is 2.06 bits per heavy atom. The molecule has 0 aliphatic rings. The molecule has 0 unspecified atom stereocenters. The molecule has 1 aromatic rings. The Hall–Kier alpha value is -0.560. The van der Waals surface area contributed by atoms with Gasteiger partial charge in [0.2, 0.25) is 4.77 Å². The third-order valence-corrected chi connectivity index (χ3v) is 4.47. The molecule has 0 bridgehead atoms. The second-order valence-electron chi connectivity index (χ2n) is 3.26. The second-order valence-corrected chi connectivity index (χ2v) is 5.81. The molecule has 0 atom stereocenters. The van der Waals surface area contributed by atoms with Gasteiger partial charge in [0.05, 0.1) is 19.4 Å². The van der Waals surface area contributed by atoms with Gasteiger partial charge in [-0.3, -0.25) is 4.57 Å². The van der Waals surface area contributed by atoms with Gasteiger partial charge in [-0.05, 0) is 32.5 Å². The van der Waals surface area contributed by atoms with Crippen molar-refractivity contribution >= 4 is 19.8 Å². The molecule has 98 valence electrons. The quantitative estimate of drug-likeness (QED) is 0.579. The van der Waals surface area contributed by atoms with E-state index in [4.69, 9.17) is 21.3 Å². The van der Waals surface area contributed by atoms with Crippen LogP contribution >= 0.6 is 19.8 Å². The molecule has 0 amide bonds. The molecule has 1 N–H and O–H groups in total. The van der Waals surface area contributed by atoms with Crippen molar-refractivity contribution in [2.24, 2.45) is 0 Å². The van der Waals surface area contributed by atoms with Crippen molar-refractivity contribution in [3.8, 4) is 0 Å². The maximum absolute atomic E-state index is 12.1. The molecule has 0 saturated carbocycles. The summed E-state index contributed by atoms with van der Waals surface area (Å²) >= 11 is 4.92. The molecule has 0 fully saturated rings. The van der Waals surface area contributed by atoms with Gasteiger partial charge < -0.3 is 9.05 Å². The van der Waals surface area contributed by atoms with Crippen LogP contribution in [0.1, 0.15) is 20.3 Å². The minimum Gasteiger partial charge on any atom is -0.309 e. The first-order valence-electron chi connectivity index (χ1n) is 5.47. The summed E-state index contributed by atoms with van der Waals surface area (Å²) < 4.78 is 24.4. The van der Waals surface area contributed by atoms with Gasteiger partial charge in [0.25, 0.3) is 0 Å². The van der Waals surface area contributed by atoms with Gasteiger partial charge in [0.15, 0.2) is 0 Å². The van der Waals surface area contributed by atoms with Gasteiger partial charge >= 0.3 is 7.60 Å². The van der Waals surface area contributed by atoms with Crippen LogP contribution < -0.4 is 0 Å². The van der Waals surface area contributed by atoms with Crippen LogP contribution in [0.25, 0.3) is 0 Å². The van der Waals surface area contributed by atoms with E-state index in [2.05, 4.69) is 15.5 Å². The number of aromatic amines is 1. The fraction of sp³-hybridized carbons (Fsp3) is 0.875. The summed E-state index contributed by atoms with van der Waals surface area (Å²) in [5.74, 6) is 0. The van der Waals surface area contributed by atoms with E-state index in [1.54, 1.807) is 18.5 Å². The zero-order valence-electron chi connectivity index (χ0n) is 9.96. The van der Waals surface area contributed by atoms with E-state index in [0.717, 1.165) is 0 Å². The van der Waals surface area contributed by atoms with Crippen molar-refractivity contribution in [3.05, 3.63) is 4.77 Å². The summed E-state index contributed by atoms with van der Waals surface area (Å²) in [5.41, 5.74) is 0. The van der Waals surface area contributed by atoms with Crippen LogP contribution in [0.15, 0.2) is 0 Å². The van der Waals surface area contributed by atoms with E-state index < -0.39 is 7.60 Å². The van der Waals surface area contributed by atoms with Gasteiger partial charge in [-0.2, -0.15) is 5.21 Å². The molecule has 17 heavy (non-hydrogen) atoms. The lowest BCUT2D eigenvalue weighted by atomic mass is 10.5. The Balaban J connectivity index is 2.45. The van der Waals surface area contributed by atoms with Gasteiger partial charge in [0.1, 0.15) is 0 Å². The van der Waals surface area contributed by atoms with E-state index in [1.165, 1.54) is 0 Å². The number of rotatable bonds is 8. The zero-order valence-corrected chi connectivity index (χ0v) is 11.7. The number of nitrogens with one attached hydrogen (secondary N) is 1. The third kappa shape index (κ3) is 4.67. The molecule has 1 heterocycles. The lowest BCUT2D eigenvalue weighted by Crippen LogP contribution is -2.06. The Morgan fingerprint density at radius 3 is 2.53 bits per heavy atom. The van der Waals surface area contributed by atoms with Crippen molar-refractivity contribution < 1.29 is 13.6 Å². The zero-order chi connectivity index (χ0) is 12.7. The lowest BCUT2D eigenvalue weighted by Gasteiger charge is -2.16. The monoisotopic (exact) mass is 280 g/mol. The number of H-pyrrole nitrogens is 1. The maximum Gasteiger partial charge on any atom is 0.330 e.